The summed E-state index contributed by atoms with van der Waals surface area (Å²) in [5.74, 6) is 0.236. The third-order valence-electron chi connectivity index (χ3n) is 7.84. The average molecular weight is 549 g/mol. The molecule has 8 nitrogen and oxygen atoms in total. The number of aromatic amines is 1. The molecule has 0 radical (unpaired) electrons. The van der Waals surface area contributed by atoms with Crippen molar-refractivity contribution in [3.63, 3.8) is 0 Å². The van der Waals surface area contributed by atoms with Crippen molar-refractivity contribution >= 4 is 9.84 Å². The van der Waals surface area contributed by atoms with Crippen LogP contribution in [0.25, 0.3) is 22.5 Å². The van der Waals surface area contributed by atoms with E-state index in [2.05, 4.69) is 25.5 Å². The Morgan fingerprint density at radius 3 is 2.32 bits per heavy atom. The maximum absolute atomic E-state index is 13.8. The summed E-state index contributed by atoms with van der Waals surface area (Å²) in [6.07, 6.45) is 2.50. The van der Waals surface area contributed by atoms with Gasteiger partial charge < -0.3 is 10.6 Å². The molecule has 0 spiro atoms. The second-order valence-electron chi connectivity index (χ2n) is 10.4. The summed E-state index contributed by atoms with van der Waals surface area (Å²) in [5.41, 5.74) is 6.77. The average Bonchev–Trinajstić information content (AvgIpc) is 3.42. The molecule has 2 aromatic carbocycles. The van der Waals surface area contributed by atoms with Crippen LogP contribution in [0.4, 0.5) is 13.2 Å². The minimum atomic E-state index is -4.87. The van der Waals surface area contributed by atoms with E-state index in [1.54, 1.807) is 0 Å². The number of alkyl halides is 3. The SMILES string of the molecule is CS(=O)(=O)c1c(C(F)(F)F)ccc(-c2ccc(C3CCN(C4CCCC(N)C4)CC3)cc2)c1-c1nnn[nH]1. The number of tetrazole rings is 1. The molecule has 1 aliphatic heterocycles. The summed E-state index contributed by atoms with van der Waals surface area (Å²) in [7, 11) is -4.30. The lowest BCUT2D eigenvalue weighted by molar-refractivity contribution is -0.139. The van der Waals surface area contributed by atoms with Crippen LogP contribution in [0, 0.1) is 0 Å². The maximum Gasteiger partial charge on any atom is 0.417 e. The number of rotatable bonds is 5. The van der Waals surface area contributed by atoms with E-state index in [9.17, 15) is 21.6 Å². The van der Waals surface area contributed by atoms with Gasteiger partial charge in [0.05, 0.1) is 10.5 Å². The van der Waals surface area contributed by atoms with Crippen molar-refractivity contribution in [2.24, 2.45) is 5.73 Å². The third-order valence-corrected chi connectivity index (χ3v) is 9.01. The van der Waals surface area contributed by atoms with E-state index in [0.717, 1.165) is 56.7 Å². The smallest absolute Gasteiger partial charge is 0.328 e. The molecule has 2 aliphatic rings. The molecule has 2 atom stereocenters. The Labute approximate surface area is 219 Å². The van der Waals surface area contributed by atoms with E-state index in [4.69, 9.17) is 5.73 Å². The van der Waals surface area contributed by atoms with Crippen LogP contribution in [-0.2, 0) is 16.0 Å². The van der Waals surface area contributed by atoms with E-state index >= 15 is 0 Å². The highest BCUT2D eigenvalue weighted by Crippen LogP contribution is 2.43. The number of nitrogens with zero attached hydrogens (tertiary/aromatic N) is 4. The minimum absolute atomic E-state index is 0.148. The number of aromatic nitrogens is 4. The fourth-order valence-electron chi connectivity index (χ4n) is 6.00. The number of piperidine rings is 1. The molecule has 12 heteroatoms. The summed E-state index contributed by atoms with van der Waals surface area (Å²) in [6.45, 7) is 2.03. The Balaban J connectivity index is 1.44. The Morgan fingerprint density at radius 2 is 1.74 bits per heavy atom. The van der Waals surface area contributed by atoms with Crippen molar-refractivity contribution in [2.45, 2.75) is 67.6 Å². The van der Waals surface area contributed by atoms with Gasteiger partial charge in [0.2, 0.25) is 0 Å². The number of likely N-dealkylation sites (tertiary alicyclic amines) is 1. The van der Waals surface area contributed by atoms with Crippen LogP contribution in [0.5, 0.6) is 0 Å². The lowest BCUT2D eigenvalue weighted by Gasteiger charge is -2.40. The fraction of sp³-hybridized carbons (Fsp3) is 0.500. The molecular weight excluding hydrogens is 517 g/mol. The Hall–Kier alpha value is -2.83. The molecule has 2 heterocycles. The Morgan fingerprint density at radius 1 is 1.03 bits per heavy atom. The number of nitrogens with two attached hydrogens (primary N) is 1. The minimum Gasteiger partial charge on any atom is -0.328 e. The first-order valence-corrected chi connectivity index (χ1v) is 14.7. The molecule has 0 bridgehead atoms. The van der Waals surface area contributed by atoms with Crippen molar-refractivity contribution in [1.29, 1.82) is 0 Å². The van der Waals surface area contributed by atoms with Crippen molar-refractivity contribution in [3.05, 3.63) is 47.5 Å². The second-order valence-corrected chi connectivity index (χ2v) is 12.3. The van der Waals surface area contributed by atoms with Crippen LogP contribution < -0.4 is 5.73 Å². The molecule has 3 aromatic rings. The van der Waals surface area contributed by atoms with Gasteiger partial charge in [0.1, 0.15) is 0 Å². The zero-order valence-corrected chi connectivity index (χ0v) is 21.9. The van der Waals surface area contributed by atoms with Crippen LogP contribution in [0.3, 0.4) is 0 Å². The Bertz CT molecular complexity index is 1370. The van der Waals surface area contributed by atoms with Gasteiger partial charge >= 0.3 is 6.18 Å². The molecule has 2 unspecified atom stereocenters. The largest absolute Gasteiger partial charge is 0.417 e. The fourth-order valence-corrected chi connectivity index (χ4v) is 7.16. The van der Waals surface area contributed by atoms with E-state index < -0.39 is 26.5 Å². The van der Waals surface area contributed by atoms with Crippen LogP contribution in [0.2, 0.25) is 0 Å². The first-order chi connectivity index (χ1) is 18.0. The number of halogens is 3. The van der Waals surface area contributed by atoms with Gasteiger partial charge in [0, 0.05) is 23.9 Å². The van der Waals surface area contributed by atoms with E-state index in [-0.39, 0.29) is 11.4 Å². The first kappa shape index (κ1) is 26.8. The maximum atomic E-state index is 13.8. The number of hydrogen-bond donors (Lipinski definition) is 2. The van der Waals surface area contributed by atoms with Gasteiger partial charge in [-0.1, -0.05) is 36.8 Å². The van der Waals surface area contributed by atoms with Crippen molar-refractivity contribution in [2.75, 3.05) is 19.3 Å². The van der Waals surface area contributed by atoms with Gasteiger partial charge in [-0.25, -0.2) is 13.5 Å². The van der Waals surface area contributed by atoms with Crippen LogP contribution in [0.15, 0.2) is 41.3 Å². The third kappa shape index (κ3) is 5.48. The molecule has 0 amide bonds. The van der Waals surface area contributed by atoms with Gasteiger partial charge in [0.15, 0.2) is 15.7 Å². The van der Waals surface area contributed by atoms with Gasteiger partial charge in [0.25, 0.3) is 0 Å². The quantitative estimate of drug-likeness (QED) is 0.485. The molecule has 1 aliphatic carbocycles. The first-order valence-electron chi connectivity index (χ1n) is 12.8. The molecule has 204 valence electrons. The molecular formula is C26H31F3N6O2S. The summed E-state index contributed by atoms with van der Waals surface area (Å²) in [5, 5.41) is 13.1. The van der Waals surface area contributed by atoms with Crippen LogP contribution in [0.1, 0.15) is 55.6 Å². The molecule has 1 aromatic heterocycles. The van der Waals surface area contributed by atoms with Gasteiger partial charge in [-0.05, 0) is 84.3 Å². The number of benzene rings is 2. The molecule has 2 fully saturated rings. The standard InChI is InChI=1S/C26H31F3N6O2S/c1-38(36,37)24-22(26(27,28)29)10-9-21(23(24)25-31-33-34-32-25)18-7-5-16(6-8-18)17-11-13-35(14-12-17)20-4-2-3-19(30)15-20/h5-10,17,19-20H,2-4,11-15,30H2,1H3,(H,31,32,33,34). The van der Waals surface area contributed by atoms with E-state index in [1.807, 2.05) is 24.3 Å². The van der Waals surface area contributed by atoms with Crippen molar-refractivity contribution < 1.29 is 21.6 Å². The highest BCUT2D eigenvalue weighted by atomic mass is 32.2. The molecule has 38 heavy (non-hydrogen) atoms. The highest BCUT2D eigenvalue weighted by Gasteiger charge is 2.39. The van der Waals surface area contributed by atoms with E-state index in [0.29, 0.717) is 29.1 Å². The van der Waals surface area contributed by atoms with E-state index in [1.165, 1.54) is 18.9 Å². The van der Waals surface area contributed by atoms with Crippen molar-refractivity contribution in [3.8, 4) is 22.5 Å². The Kier molecular flexibility index (Phi) is 7.31. The van der Waals surface area contributed by atoms with Crippen molar-refractivity contribution in [1.82, 2.24) is 25.5 Å². The zero-order chi connectivity index (χ0) is 27.1. The monoisotopic (exact) mass is 548 g/mol. The number of H-pyrrole nitrogens is 1. The topological polar surface area (TPSA) is 118 Å². The summed E-state index contributed by atoms with van der Waals surface area (Å²) < 4.78 is 66.7. The molecule has 3 N–H and O–H groups in total. The lowest BCUT2D eigenvalue weighted by atomic mass is 9.85. The number of nitrogens with one attached hydrogen (secondary N) is 1. The summed E-state index contributed by atoms with van der Waals surface area (Å²) in [4.78, 5) is 1.72. The summed E-state index contributed by atoms with van der Waals surface area (Å²) in [6, 6.07) is 10.5. The highest BCUT2D eigenvalue weighted by molar-refractivity contribution is 7.91. The van der Waals surface area contributed by atoms with Gasteiger partial charge in [-0.2, -0.15) is 13.2 Å². The normalized spacial score (nSPS) is 22.0. The lowest BCUT2D eigenvalue weighted by Crippen LogP contribution is -2.45. The number of hydrogen-bond acceptors (Lipinski definition) is 7. The van der Waals surface area contributed by atoms with Crippen LogP contribution in [-0.4, -0.2) is 65.4 Å². The van der Waals surface area contributed by atoms with Gasteiger partial charge in [-0.15, -0.1) is 5.10 Å². The molecule has 1 saturated heterocycles. The number of sulfone groups is 1. The molecule has 5 rings (SSSR count). The predicted octanol–water partition coefficient (Wildman–Crippen LogP) is 4.41. The summed E-state index contributed by atoms with van der Waals surface area (Å²) >= 11 is 0. The second kappa shape index (κ2) is 10.4. The predicted molar refractivity (Wildman–Crippen MR) is 137 cm³/mol. The molecule has 1 saturated carbocycles. The van der Waals surface area contributed by atoms with Gasteiger partial charge in [-0.3, -0.25) is 0 Å². The zero-order valence-electron chi connectivity index (χ0n) is 21.1. The van der Waals surface area contributed by atoms with Crippen LogP contribution >= 0.6 is 0 Å².